The number of methoxy groups -OCH3 is 2. The van der Waals surface area contributed by atoms with Crippen molar-refractivity contribution in [3.05, 3.63) is 69.7 Å². The molecule has 164 valence electrons. The predicted octanol–water partition coefficient (Wildman–Crippen LogP) is 3.15. The maximum atomic E-state index is 12.0. The van der Waals surface area contributed by atoms with E-state index < -0.39 is 22.5 Å². The maximum Gasteiger partial charge on any atom is 0.353 e. The molecule has 12 heteroatoms. The third kappa shape index (κ3) is 4.92. The minimum absolute atomic E-state index is 0.0388. The van der Waals surface area contributed by atoms with E-state index in [9.17, 15) is 19.7 Å². The van der Waals surface area contributed by atoms with Crippen molar-refractivity contribution in [2.45, 2.75) is 6.92 Å². The van der Waals surface area contributed by atoms with Gasteiger partial charge in [0.25, 0.3) is 0 Å². The monoisotopic (exact) mass is 438 g/mol. The van der Waals surface area contributed by atoms with E-state index in [1.807, 2.05) is 0 Å². The van der Waals surface area contributed by atoms with Crippen LogP contribution in [0.4, 0.5) is 28.8 Å². The number of nitrogens with zero attached hydrogens (tertiary/aromatic N) is 4. The Morgan fingerprint density at radius 2 is 1.56 bits per heavy atom. The van der Waals surface area contributed by atoms with Crippen LogP contribution in [0.25, 0.3) is 0 Å². The minimum atomic E-state index is -0.705. The average molecular weight is 438 g/mol. The van der Waals surface area contributed by atoms with Crippen molar-refractivity contribution in [1.29, 1.82) is 0 Å². The molecule has 0 saturated carbocycles. The van der Waals surface area contributed by atoms with Gasteiger partial charge in [-0.05, 0) is 37.3 Å². The van der Waals surface area contributed by atoms with Crippen molar-refractivity contribution < 1.29 is 24.0 Å². The standard InChI is InChI=1S/C20H18N6O6/c1-11-5-4-6-15(23-11)25-18-16(26(29)30)17(21-10-22-18)24-14-8-12(19(27)31-2)7-13(9-14)20(28)32-3/h4-10H,1-3H3,(H2,21,22,23,24,25). The van der Waals surface area contributed by atoms with E-state index in [1.54, 1.807) is 25.1 Å². The lowest BCUT2D eigenvalue weighted by Gasteiger charge is -2.12. The Balaban J connectivity index is 2.04. The van der Waals surface area contributed by atoms with Crippen LogP contribution in [0.15, 0.2) is 42.7 Å². The largest absolute Gasteiger partial charge is 0.465 e. The highest BCUT2D eigenvalue weighted by Crippen LogP contribution is 2.33. The second kappa shape index (κ2) is 9.47. The summed E-state index contributed by atoms with van der Waals surface area (Å²) >= 11 is 0. The van der Waals surface area contributed by atoms with Crippen LogP contribution in [-0.2, 0) is 9.47 Å². The second-order valence-electron chi connectivity index (χ2n) is 6.37. The third-order valence-corrected chi connectivity index (χ3v) is 4.18. The summed E-state index contributed by atoms with van der Waals surface area (Å²) in [4.78, 5) is 47.3. The van der Waals surface area contributed by atoms with Crippen LogP contribution in [0.1, 0.15) is 26.4 Å². The molecule has 0 saturated heterocycles. The average Bonchev–Trinajstić information content (AvgIpc) is 2.77. The summed E-state index contributed by atoms with van der Waals surface area (Å²) < 4.78 is 9.39. The van der Waals surface area contributed by atoms with Crippen LogP contribution in [0, 0.1) is 17.0 Å². The number of nitro groups is 1. The normalized spacial score (nSPS) is 10.2. The number of aromatic nitrogens is 3. The van der Waals surface area contributed by atoms with Crippen molar-refractivity contribution >= 4 is 40.8 Å². The first-order valence-electron chi connectivity index (χ1n) is 9.11. The molecule has 2 N–H and O–H groups in total. The molecule has 32 heavy (non-hydrogen) atoms. The number of carbonyl (C=O) groups excluding carboxylic acids is 2. The van der Waals surface area contributed by atoms with Crippen LogP contribution in [0.5, 0.6) is 0 Å². The molecule has 2 heterocycles. The third-order valence-electron chi connectivity index (χ3n) is 4.18. The highest BCUT2D eigenvalue weighted by Gasteiger charge is 2.24. The summed E-state index contributed by atoms with van der Waals surface area (Å²) in [6.45, 7) is 1.78. The number of hydrogen-bond donors (Lipinski definition) is 2. The lowest BCUT2D eigenvalue weighted by molar-refractivity contribution is -0.383. The fourth-order valence-electron chi connectivity index (χ4n) is 2.78. The first-order chi connectivity index (χ1) is 15.3. The Kier molecular flexibility index (Phi) is 6.53. The van der Waals surface area contributed by atoms with Gasteiger partial charge in [-0.3, -0.25) is 10.1 Å². The first kappa shape index (κ1) is 22.1. The quantitative estimate of drug-likeness (QED) is 0.317. The molecule has 12 nitrogen and oxygen atoms in total. The molecule has 3 rings (SSSR count). The Hall–Kier alpha value is -4.61. The number of esters is 2. The van der Waals surface area contributed by atoms with Crippen molar-refractivity contribution in [3.63, 3.8) is 0 Å². The molecule has 0 amide bonds. The van der Waals surface area contributed by atoms with Crippen LogP contribution < -0.4 is 10.6 Å². The predicted molar refractivity (Wildman–Crippen MR) is 113 cm³/mol. The summed E-state index contributed by atoms with van der Waals surface area (Å²) in [6.07, 6.45) is 1.12. The van der Waals surface area contributed by atoms with Crippen LogP contribution in [0.2, 0.25) is 0 Å². The maximum absolute atomic E-state index is 12.0. The first-order valence-corrected chi connectivity index (χ1v) is 9.11. The number of anilines is 4. The SMILES string of the molecule is COC(=O)c1cc(Nc2ncnc(Nc3cccc(C)n3)c2[N+](=O)[O-])cc(C(=O)OC)c1. The van der Waals surface area contributed by atoms with Gasteiger partial charge < -0.3 is 20.1 Å². The summed E-state index contributed by atoms with van der Waals surface area (Å²) in [7, 11) is 2.37. The van der Waals surface area contributed by atoms with E-state index in [0.29, 0.717) is 11.5 Å². The van der Waals surface area contributed by atoms with E-state index in [2.05, 4.69) is 25.6 Å². The zero-order valence-corrected chi connectivity index (χ0v) is 17.3. The van der Waals surface area contributed by atoms with E-state index in [0.717, 1.165) is 6.33 Å². The van der Waals surface area contributed by atoms with Gasteiger partial charge in [-0.15, -0.1) is 0 Å². The molecule has 0 atom stereocenters. The number of carbonyl (C=O) groups is 2. The number of nitrogens with one attached hydrogen (secondary N) is 2. The van der Waals surface area contributed by atoms with Gasteiger partial charge in [0, 0.05) is 11.4 Å². The Labute approximate surface area is 181 Å². The molecular weight excluding hydrogens is 420 g/mol. The molecule has 0 aliphatic rings. The zero-order chi connectivity index (χ0) is 23.3. The molecule has 0 radical (unpaired) electrons. The number of benzene rings is 1. The van der Waals surface area contributed by atoms with Gasteiger partial charge in [-0.1, -0.05) is 6.07 Å². The lowest BCUT2D eigenvalue weighted by atomic mass is 10.1. The highest BCUT2D eigenvalue weighted by atomic mass is 16.6. The molecule has 0 aliphatic heterocycles. The van der Waals surface area contributed by atoms with Gasteiger partial charge in [0.15, 0.2) is 0 Å². The molecule has 0 aliphatic carbocycles. The van der Waals surface area contributed by atoms with Crippen molar-refractivity contribution in [2.24, 2.45) is 0 Å². The molecule has 1 aromatic carbocycles. The molecule has 0 spiro atoms. The topological polar surface area (TPSA) is 158 Å². The summed E-state index contributed by atoms with van der Waals surface area (Å²) in [5.41, 5.74) is 0.502. The van der Waals surface area contributed by atoms with E-state index >= 15 is 0 Å². The number of pyridine rings is 1. The number of ether oxygens (including phenoxy) is 2. The van der Waals surface area contributed by atoms with Crippen molar-refractivity contribution in [3.8, 4) is 0 Å². The van der Waals surface area contributed by atoms with Crippen molar-refractivity contribution in [1.82, 2.24) is 15.0 Å². The number of hydrogen-bond acceptors (Lipinski definition) is 11. The van der Waals surface area contributed by atoms with Crippen LogP contribution in [-0.4, -0.2) is 46.0 Å². The zero-order valence-electron chi connectivity index (χ0n) is 17.3. The van der Waals surface area contributed by atoms with E-state index in [1.165, 1.54) is 32.4 Å². The summed E-state index contributed by atoms with van der Waals surface area (Å²) in [5, 5.41) is 17.4. The number of aryl methyl sites for hydroxylation is 1. The fraction of sp³-hybridized carbons (Fsp3) is 0.150. The van der Waals surface area contributed by atoms with Gasteiger partial charge in [0.05, 0.1) is 30.3 Å². The minimum Gasteiger partial charge on any atom is -0.465 e. The molecular formula is C20H18N6O6. The van der Waals surface area contributed by atoms with Gasteiger partial charge in [-0.25, -0.2) is 24.5 Å². The summed E-state index contributed by atoms with van der Waals surface area (Å²) in [6, 6.07) is 9.16. The Bertz CT molecular complexity index is 1160. The number of rotatable bonds is 7. The van der Waals surface area contributed by atoms with Gasteiger partial charge >= 0.3 is 17.6 Å². The molecule has 0 fully saturated rings. The molecule has 0 unspecified atom stereocenters. The fourth-order valence-corrected chi connectivity index (χ4v) is 2.78. The summed E-state index contributed by atoms with van der Waals surface area (Å²) in [5.74, 6) is -1.31. The van der Waals surface area contributed by atoms with Crippen molar-refractivity contribution in [2.75, 3.05) is 24.9 Å². The Morgan fingerprint density at radius 3 is 2.09 bits per heavy atom. The second-order valence-corrected chi connectivity index (χ2v) is 6.37. The molecule has 3 aromatic rings. The van der Waals surface area contributed by atoms with Gasteiger partial charge in [0.2, 0.25) is 11.6 Å². The highest BCUT2D eigenvalue weighted by molar-refractivity contribution is 5.97. The molecule has 2 aromatic heterocycles. The smallest absolute Gasteiger partial charge is 0.353 e. The van der Waals surface area contributed by atoms with Crippen LogP contribution in [0.3, 0.4) is 0 Å². The van der Waals surface area contributed by atoms with E-state index in [4.69, 9.17) is 9.47 Å². The van der Waals surface area contributed by atoms with E-state index in [-0.39, 0.29) is 28.5 Å². The van der Waals surface area contributed by atoms with Gasteiger partial charge in [-0.2, -0.15) is 0 Å². The molecule has 0 bridgehead atoms. The van der Waals surface area contributed by atoms with Gasteiger partial charge in [0.1, 0.15) is 12.1 Å². The Morgan fingerprint density at radius 1 is 0.969 bits per heavy atom. The van der Waals surface area contributed by atoms with Crippen LogP contribution >= 0.6 is 0 Å². The lowest BCUT2D eigenvalue weighted by Crippen LogP contribution is -2.09.